The molecule has 6 heteroatoms. The molecule has 0 aliphatic rings. The van der Waals surface area contributed by atoms with Crippen molar-refractivity contribution in [2.45, 2.75) is 24.8 Å². The van der Waals surface area contributed by atoms with Crippen molar-refractivity contribution in [3.05, 3.63) is 40.3 Å². The van der Waals surface area contributed by atoms with E-state index in [1.54, 1.807) is 35.6 Å². The minimum Gasteiger partial charge on any atom is -0.377 e. The molecule has 0 saturated carbocycles. The highest BCUT2D eigenvalue weighted by Crippen LogP contribution is 2.21. The highest BCUT2D eigenvalue weighted by atomic mass is 32.2. The molecule has 102 valence electrons. The third-order valence-corrected chi connectivity index (χ3v) is 4.67. The number of hydrogen-bond donors (Lipinski definition) is 1. The third-order valence-electron chi connectivity index (χ3n) is 2.75. The second-order valence-corrected chi connectivity index (χ2v) is 7.53. The van der Waals surface area contributed by atoms with Gasteiger partial charge in [-0.15, -0.1) is 11.3 Å². The fourth-order valence-electron chi connectivity index (χ4n) is 1.70. The van der Waals surface area contributed by atoms with Crippen LogP contribution in [0.15, 0.2) is 34.5 Å². The van der Waals surface area contributed by atoms with Gasteiger partial charge in [-0.3, -0.25) is 0 Å². The van der Waals surface area contributed by atoms with Gasteiger partial charge in [0, 0.05) is 17.3 Å². The molecule has 2 aromatic rings. The molecule has 0 saturated heterocycles. The lowest BCUT2D eigenvalue weighted by atomic mass is 10.2. The van der Waals surface area contributed by atoms with Gasteiger partial charge in [0.15, 0.2) is 9.84 Å². The van der Waals surface area contributed by atoms with Crippen LogP contribution >= 0.6 is 11.3 Å². The number of anilines is 1. The molecule has 1 unspecified atom stereocenters. The van der Waals surface area contributed by atoms with Gasteiger partial charge in [-0.05, 0) is 38.1 Å². The van der Waals surface area contributed by atoms with Crippen LogP contribution in [-0.2, 0) is 9.84 Å². The zero-order chi connectivity index (χ0) is 14.0. The number of hydrogen-bond acceptors (Lipinski definition) is 5. The molecule has 1 heterocycles. The molecule has 0 bridgehead atoms. The Labute approximate surface area is 117 Å². The largest absolute Gasteiger partial charge is 0.377 e. The van der Waals surface area contributed by atoms with E-state index in [1.807, 2.05) is 19.2 Å². The Hall–Kier alpha value is -1.40. The van der Waals surface area contributed by atoms with Crippen LogP contribution in [0.4, 0.5) is 5.69 Å². The minimum atomic E-state index is -3.14. The fourth-order valence-corrected chi connectivity index (χ4v) is 3.04. The standard InChI is InChI=1S/C13H16N2O2S2/c1-9(13-8-18-10(2)15-13)14-11-4-6-12(7-5-11)19(3,16)17/h4-9,14H,1-3H3. The molecule has 4 nitrogen and oxygen atoms in total. The molecule has 1 aromatic heterocycles. The van der Waals surface area contributed by atoms with Gasteiger partial charge in [0.2, 0.25) is 0 Å². The summed E-state index contributed by atoms with van der Waals surface area (Å²) in [5.74, 6) is 0. The summed E-state index contributed by atoms with van der Waals surface area (Å²) in [5.41, 5.74) is 1.88. The number of aromatic nitrogens is 1. The predicted octanol–water partition coefficient (Wildman–Crippen LogP) is 3.03. The Bertz CT molecular complexity index is 660. The van der Waals surface area contributed by atoms with Gasteiger partial charge in [0.05, 0.1) is 21.6 Å². The number of nitrogens with one attached hydrogen (secondary N) is 1. The summed E-state index contributed by atoms with van der Waals surface area (Å²) in [5, 5.41) is 6.36. The molecule has 2 rings (SSSR count). The quantitative estimate of drug-likeness (QED) is 0.942. The van der Waals surface area contributed by atoms with Crippen LogP contribution in [0.5, 0.6) is 0 Å². The number of benzene rings is 1. The molecular weight excluding hydrogens is 280 g/mol. The summed E-state index contributed by atoms with van der Waals surface area (Å²) in [4.78, 5) is 4.75. The normalized spacial score (nSPS) is 13.2. The maximum atomic E-state index is 11.4. The molecule has 0 amide bonds. The predicted molar refractivity (Wildman–Crippen MR) is 78.4 cm³/mol. The first-order valence-corrected chi connectivity index (χ1v) is 8.62. The van der Waals surface area contributed by atoms with Crippen LogP contribution in [-0.4, -0.2) is 19.7 Å². The molecule has 19 heavy (non-hydrogen) atoms. The molecule has 1 aromatic carbocycles. The Morgan fingerprint density at radius 3 is 2.37 bits per heavy atom. The van der Waals surface area contributed by atoms with Crippen molar-refractivity contribution in [3.63, 3.8) is 0 Å². The van der Waals surface area contributed by atoms with Crippen LogP contribution in [0.1, 0.15) is 23.7 Å². The van der Waals surface area contributed by atoms with Crippen molar-refractivity contribution in [3.8, 4) is 0 Å². The summed E-state index contributed by atoms with van der Waals surface area (Å²) in [6, 6.07) is 6.85. The number of sulfone groups is 1. The average Bonchev–Trinajstić information content (AvgIpc) is 2.75. The van der Waals surface area contributed by atoms with E-state index < -0.39 is 9.84 Å². The van der Waals surface area contributed by atoms with Crippen molar-refractivity contribution in [1.29, 1.82) is 0 Å². The van der Waals surface area contributed by atoms with E-state index >= 15 is 0 Å². The Balaban J connectivity index is 2.12. The lowest BCUT2D eigenvalue weighted by molar-refractivity contribution is 0.602. The first-order valence-electron chi connectivity index (χ1n) is 5.85. The summed E-state index contributed by atoms with van der Waals surface area (Å²) >= 11 is 1.62. The fraction of sp³-hybridized carbons (Fsp3) is 0.308. The van der Waals surface area contributed by atoms with Crippen molar-refractivity contribution in [2.75, 3.05) is 11.6 Å². The van der Waals surface area contributed by atoms with E-state index in [0.717, 1.165) is 16.4 Å². The summed E-state index contributed by atoms with van der Waals surface area (Å²) in [6.45, 7) is 4.00. The van der Waals surface area contributed by atoms with Gasteiger partial charge < -0.3 is 5.32 Å². The highest BCUT2D eigenvalue weighted by molar-refractivity contribution is 7.90. The Morgan fingerprint density at radius 2 is 1.89 bits per heavy atom. The van der Waals surface area contributed by atoms with E-state index in [-0.39, 0.29) is 6.04 Å². The zero-order valence-electron chi connectivity index (χ0n) is 11.0. The van der Waals surface area contributed by atoms with Gasteiger partial charge in [-0.1, -0.05) is 0 Å². The molecule has 0 aliphatic carbocycles. The number of nitrogens with zero attached hydrogens (tertiary/aromatic N) is 1. The maximum absolute atomic E-state index is 11.4. The van der Waals surface area contributed by atoms with Crippen LogP contribution in [0, 0.1) is 6.92 Å². The third kappa shape index (κ3) is 3.54. The molecule has 0 aliphatic heterocycles. The van der Waals surface area contributed by atoms with Crippen molar-refractivity contribution in [1.82, 2.24) is 4.98 Å². The second-order valence-electron chi connectivity index (χ2n) is 4.45. The summed E-state index contributed by atoms with van der Waals surface area (Å²) in [6.07, 6.45) is 1.20. The average molecular weight is 296 g/mol. The van der Waals surface area contributed by atoms with E-state index in [2.05, 4.69) is 10.3 Å². The van der Waals surface area contributed by atoms with E-state index in [4.69, 9.17) is 0 Å². The Morgan fingerprint density at radius 1 is 1.26 bits per heavy atom. The number of rotatable bonds is 4. The minimum absolute atomic E-state index is 0.0917. The van der Waals surface area contributed by atoms with E-state index in [1.165, 1.54) is 6.26 Å². The summed E-state index contributed by atoms with van der Waals surface area (Å²) in [7, 11) is -3.14. The van der Waals surface area contributed by atoms with Gasteiger partial charge >= 0.3 is 0 Å². The number of aryl methyl sites for hydroxylation is 1. The zero-order valence-corrected chi connectivity index (χ0v) is 12.7. The first kappa shape index (κ1) is 14.0. The van der Waals surface area contributed by atoms with Gasteiger partial charge in [0.1, 0.15) is 0 Å². The van der Waals surface area contributed by atoms with Crippen LogP contribution in [0.25, 0.3) is 0 Å². The van der Waals surface area contributed by atoms with Crippen molar-refractivity contribution < 1.29 is 8.42 Å². The van der Waals surface area contributed by atoms with Crippen LogP contribution < -0.4 is 5.32 Å². The first-order chi connectivity index (χ1) is 8.86. The highest BCUT2D eigenvalue weighted by Gasteiger charge is 2.10. The van der Waals surface area contributed by atoms with Gasteiger partial charge in [-0.2, -0.15) is 0 Å². The second kappa shape index (κ2) is 5.30. The Kier molecular flexibility index (Phi) is 3.91. The number of thiazole rings is 1. The van der Waals surface area contributed by atoms with E-state index in [0.29, 0.717) is 4.90 Å². The van der Waals surface area contributed by atoms with Crippen LogP contribution in [0.2, 0.25) is 0 Å². The van der Waals surface area contributed by atoms with Crippen molar-refractivity contribution in [2.24, 2.45) is 0 Å². The smallest absolute Gasteiger partial charge is 0.175 e. The van der Waals surface area contributed by atoms with E-state index in [9.17, 15) is 8.42 Å². The maximum Gasteiger partial charge on any atom is 0.175 e. The lowest BCUT2D eigenvalue weighted by Crippen LogP contribution is -2.07. The van der Waals surface area contributed by atoms with Crippen LogP contribution in [0.3, 0.4) is 0 Å². The van der Waals surface area contributed by atoms with Gasteiger partial charge in [0.25, 0.3) is 0 Å². The lowest BCUT2D eigenvalue weighted by Gasteiger charge is -2.13. The van der Waals surface area contributed by atoms with Gasteiger partial charge in [-0.25, -0.2) is 13.4 Å². The monoisotopic (exact) mass is 296 g/mol. The van der Waals surface area contributed by atoms with Crippen molar-refractivity contribution >= 4 is 26.9 Å². The molecule has 0 spiro atoms. The SMILES string of the molecule is Cc1nc(C(C)Nc2ccc(S(C)(=O)=O)cc2)cs1. The summed E-state index contributed by atoms with van der Waals surface area (Å²) < 4.78 is 22.7. The molecule has 0 fully saturated rings. The molecular formula is C13H16N2O2S2. The molecule has 1 atom stereocenters. The topological polar surface area (TPSA) is 59.1 Å². The molecule has 1 N–H and O–H groups in total. The molecule has 0 radical (unpaired) electrons.